The van der Waals surface area contributed by atoms with Crippen LogP contribution < -0.4 is 11.5 Å². The average Bonchev–Trinajstić information content (AvgIpc) is 2.95. The number of hydrogen-bond acceptors (Lipinski definition) is 8. The quantitative estimate of drug-likeness (QED) is 0.269. The predicted octanol–water partition coefficient (Wildman–Crippen LogP) is 3.94. The Morgan fingerprint density at radius 3 is 1.68 bits per heavy atom. The van der Waals surface area contributed by atoms with Crippen LogP contribution in [0.2, 0.25) is 0 Å². The first-order valence-electron chi connectivity index (χ1n) is 12.6. The molecule has 0 amide bonds. The number of aliphatic hydroxyl groups is 1. The van der Waals surface area contributed by atoms with Crippen molar-refractivity contribution in [2.75, 3.05) is 11.5 Å². The van der Waals surface area contributed by atoms with Gasteiger partial charge in [-0.25, -0.2) is 4.79 Å². The van der Waals surface area contributed by atoms with Gasteiger partial charge in [-0.2, -0.15) is 0 Å². The summed E-state index contributed by atoms with van der Waals surface area (Å²) in [6, 6.07) is 12.2. The van der Waals surface area contributed by atoms with Crippen molar-refractivity contribution in [3.05, 3.63) is 117 Å². The highest BCUT2D eigenvalue weighted by molar-refractivity contribution is 6.35. The van der Waals surface area contributed by atoms with E-state index in [1.165, 1.54) is 49.4 Å². The second-order valence-corrected chi connectivity index (χ2v) is 9.72. The summed E-state index contributed by atoms with van der Waals surface area (Å²) in [4.78, 5) is 66.5. The second kappa shape index (κ2) is 9.96. The summed E-state index contributed by atoms with van der Waals surface area (Å²) in [5, 5.41) is 19.3. The van der Waals surface area contributed by atoms with Gasteiger partial charge >= 0.3 is 5.97 Å². The van der Waals surface area contributed by atoms with E-state index in [0.717, 1.165) is 6.08 Å². The van der Waals surface area contributed by atoms with Gasteiger partial charge < -0.3 is 21.7 Å². The minimum absolute atomic E-state index is 0.00118. The highest BCUT2D eigenvalue weighted by atomic mass is 16.4. The molecule has 1 unspecified atom stereocenters. The van der Waals surface area contributed by atoms with Gasteiger partial charge in [-0.1, -0.05) is 48.6 Å². The lowest BCUT2D eigenvalue weighted by Crippen LogP contribution is -2.26. The lowest BCUT2D eigenvalue weighted by Gasteiger charge is -2.26. The number of hydrogen-bond donors (Lipinski definition) is 4. The number of rotatable bonds is 5. The highest BCUT2D eigenvalue weighted by Crippen LogP contribution is 2.43. The standard InChI is InChI=1S/C32H24N2O7/c1-3-6-17-20(13-14(2)27(35)32(40)41)31(39)24-16(10-12-22(34)26(24)29(17)37)15-9-11-21(33)25-23(15)28(36)18-7-4-5-8-19(18)30(25)38/h3-13,27,35H,33-34H2,1-2H3,(H,40,41)/b6-3-,14-13+. The Bertz CT molecular complexity index is 1840. The van der Waals surface area contributed by atoms with Gasteiger partial charge in [0.2, 0.25) is 0 Å². The van der Waals surface area contributed by atoms with Crippen LogP contribution in [0.4, 0.5) is 11.4 Å². The van der Waals surface area contributed by atoms with Crippen molar-refractivity contribution in [2.45, 2.75) is 20.0 Å². The molecule has 0 bridgehead atoms. The van der Waals surface area contributed by atoms with Crippen LogP contribution >= 0.6 is 0 Å². The van der Waals surface area contributed by atoms with E-state index in [1.807, 2.05) is 0 Å². The maximum absolute atomic E-state index is 14.2. The fraction of sp³-hybridized carbons (Fsp3) is 0.0938. The van der Waals surface area contributed by atoms with E-state index in [-0.39, 0.29) is 72.6 Å². The lowest BCUT2D eigenvalue weighted by molar-refractivity contribution is -0.144. The molecule has 204 valence electrons. The van der Waals surface area contributed by atoms with Crippen LogP contribution in [0.1, 0.15) is 66.4 Å². The number of nitrogens with two attached hydrogens (primary N) is 2. The molecule has 0 fully saturated rings. The number of carboxylic acid groups (broad SMARTS) is 1. The van der Waals surface area contributed by atoms with Gasteiger partial charge in [0.1, 0.15) is 0 Å². The molecule has 2 aliphatic rings. The third kappa shape index (κ3) is 4.11. The number of carbonyl (C=O) groups is 5. The predicted molar refractivity (Wildman–Crippen MR) is 152 cm³/mol. The fourth-order valence-corrected chi connectivity index (χ4v) is 5.29. The third-order valence-electron chi connectivity index (χ3n) is 7.24. The molecule has 2 aliphatic carbocycles. The minimum Gasteiger partial charge on any atom is -0.479 e. The van der Waals surface area contributed by atoms with Gasteiger partial charge in [0.15, 0.2) is 29.2 Å². The number of allylic oxidation sites excluding steroid dienone is 5. The molecule has 0 radical (unpaired) electrons. The number of ketones is 4. The molecule has 9 nitrogen and oxygen atoms in total. The van der Waals surface area contributed by atoms with Crippen molar-refractivity contribution in [3.8, 4) is 11.1 Å². The zero-order chi connectivity index (χ0) is 29.7. The summed E-state index contributed by atoms with van der Waals surface area (Å²) in [7, 11) is 0. The Balaban J connectivity index is 1.81. The topological polar surface area (TPSA) is 178 Å². The molecule has 0 heterocycles. The number of aliphatic carboxylic acids is 1. The van der Waals surface area contributed by atoms with Crippen LogP contribution in [0.25, 0.3) is 11.1 Å². The monoisotopic (exact) mass is 548 g/mol. The number of aliphatic hydroxyl groups excluding tert-OH is 1. The molecular formula is C32H24N2O7. The van der Waals surface area contributed by atoms with E-state index in [9.17, 15) is 34.2 Å². The van der Waals surface area contributed by atoms with Crippen LogP contribution in [0.5, 0.6) is 0 Å². The van der Waals surface area contributed by atoms with Crippen molar-refractivity contribution in [1.29, 1.82) is 0 Å². The minimum atomic E-state index is -1.91. The summed E-state index contributed by atoms with van der Waals surface area (Å²) in [5.41, 5.74) is 12.8. The Hall–Kier alpha value is -5.41. The number of fused-ring (bicyclic) bond motifs is 3. The molecule has 0 aromatic heterocycles. The SMILES string of the molecule is C/C=C\C1=C(/C=C(\C)C(O)C(=O)O)C(=O)c2c(-c3ccc(N)c4c3C(=O)c3ccccc3C4=O)ccc(N)c2C1=O. The van der Waals surface area contributed by atoms with Gasteiger partial charge in [0.05, 0.1) is 11.1 Å². The second-order valence-electron chi connectivity index (χ2n) is 9.72. The number of benzene rings is 3. The molecule has 5 rings (SSSR count). The van der Waals surface area contributed by atoms with E-state index in [4.69, 9.17) is 11.5 Å². The van der Waals surface area contributed by atoms with Crippen molar-refractivity contribution in [1.82, 2.24) is 0 Å². The van der Waals surface area contributed by atoms with Crippen molar-refractivity contribution >= 4 is 40.5 Å². The number of anilines is 2. The van der Waals surface area contributed by atoms with Crippen molar-refractivity contribution < 1.29 is 34.2 Å². The maximum Gasteiger partial charge on any atom is 0.336 e. The summed E-state index contributed by atoms with van der Waals surface area (Å²) >= 11 is 0. The highest BCUT2D eigenvalue weighted by Gasteiger charge is 2.38. The molecule has 9 heteroatoms. The summed E-state index contributed by atoms with van der Waals surface area (Å²) in [6.07, 6.45) is 2.20. The normalized spacial score (nSPS) is 15.6. The number of carbonyl (C=O) groups excluding carboxylic acids is 4. The first kappa shape index (κ1) is 27.2. The van der Waals surface area contributed by atoms with Crippen LogP contribution in [0.15, 0.2) is 83.5 Å². The molecule has 0 saturated carbocycles. The van der Waals surface area contributed by atoms with Crippen molar-refractivity contribution in [2.24, 2.45) is 0 Å². The summed E-state index contributed by atoms with van der Waals surface area (Å²) in [6.45, 7) is 2.96. The van der Waals surface area contributed by atoms with Gasteiger partial charge in [0.25, 0.3) is 0 Å². The van der Waals surface area contributed by atoms with Gasteiger partial charge in [-0.05, 0) is 48.8 Å². The largest absolute Gasteiger partial charge is 0.479 e. The van der Waals surface area contributed by atoms with Crippen LogP contribution in [0, 0.1) is 0 Å². The van der Waals surface area contributed by atoms with E-state index in [2.05, 4.69) is 0 Å². The molecule has 0 saturated heterocycles. The molecule has 0 aliphatic heterocycles. The van der Waals surface area contributed by atoms with Gasteiger partial charge in [-0.15, -0.1) is 0 Å². The Morgan fingerprint density at radius 1 is 0.707 bits per heavy atom. The Labute approximate surface area is 234 Å². The van der Waals surface area contributed by atoms with E-state index in [0.29, 0.717) is 0 Å². The lowest BCUT2D eigenvalue weighted by atomic mass is 9.75. The average molecular weight is 549 g/mol. The Morgan fingerprint density at radius 2 is 1.17 bits per heavy atom. The van der Waals surface area contributed by atoms with Gasteiger partial charge in [-0.3, -0.25) is 19.2 Å². The Kier molecular flexibility index (Phi) is 6.60. The molecule has 1 atom stereocenters. The van der Waals surface area contributed by atoms with Gasteiger partial charge in [0, 0.05) is 44.8 Å². The molecular weight excluding hydrogens is 524 g/mol. The smallest absolute Gasteiger partial charge is 0.336 e. The zero-order valence-corrected chi connectivity index (χ0v) is 22.0. The third-order valence-corrected chi connectivity index (χ3v) is 7.24. The summed E-state index contributed by atoms with van der Waals surface area (Å²) in [5.74, 6) is -3.71. The van der Waals surface area contributed by atoms with Crippen LogP contribution in [-0.4, -0.2) is 45.4 Å². The molecule has 0 spiro atoms. The fourth-order valence-electron chi connectivity index (χ4n) is 5.29. The zero-order valence-electron chi connectivity index (χ0n) is 22.0. The first-order valence-corrected chi connectivity index (χ1v) is 12.6. The van der Waals surface area contributed by atoms with E-state index >= 15 is 0 Å². The number of carboxylic acids is 1. The van der Waals surface area contributed by atoms with Crippen LogP contribution in [0.3, 0.4) is 0 Å². The maximum atomic E-state index is 14.2. The molecule has 41 heavy (non-hydrogen) atoms. The number of nitrogen functional groups attached to an aromatic ring is 2. The number of Topliss-reactive ketones (excluding diaryl/α,β-unsaturated/α-hetero) is 2. The summed E-state index contributed by atoms with van der Waals surface area (Å²) < 4.78 is 0. The molecule has 3 aromatic rings. The van der Waals surface area contributed by atoms with E-state index < -0.39 is 35.2 Å². The van der Waals surface area contributed by atoms with Crippen molar-refractivity contribution in [3.63, 3.8) is 0 Å². The van der Waals surface area contributed by atoms with E-state index in [1.54, 1.807) is 25.1 Å². The molecule has 3 aromatic carbocycles. The van der Waals surface area contributed by atoms with Crippen LogP contribution in [-0.2, 0) is 4.79 Å². The molecule has 6 N–H and O–H groups in total. The first-order chi connectivity index (χ1) is 19.5.